The fourth-order valence-electron chi connectivity index (χ4n) is 3.24. The Bertz CT molecular complexity index is 942. The maximum atomic E-state index is 13.0. The monoisotopic (exact) mass is 369 g/mol. The van der Waals surface area contributed by atoms with Gasteiger partial charge in [0.15, 0.2) is 9.84 Å². The Balaban J connectivity index is 2.04. The molecule has 0 N–H and O–H groups in total. The van der Waals surface area contributed by atoms with E-state index in [4.69, 9.17) is 0 Å². The van der Waals surface area contributed by atoms with E-state index in [1.165, 1.54) is 6.26 Å². The highest BCUT2D eigenvalue weighted by Gasteiger charge is 2.35. The summed E-state index contributed by atoms with van der Waals surface area (Å²) in [6, 6.07) is 14.8. The van der Waals surface area contributed by atoms with E-state index in [1.807, 2.05) is 44.3 Å². The first-order valence-corrected chi connectivity index (χ1v) is 10.6. The molecular weight excluding hydrogens is 346 g/mol. The van der Waals surface area contributed by atoms with Gasteiger partial charge in [0.2, 0.25) is 5.91 Å². The number of sulfone groups is 1. The molecule has 0 saturated heterocycles. The number of amides is 1. The Morgan fingerprint density at radius 3 is 2.15 bits per heavy atom. The van der Waals surface area contributed by atoms with Gasteiger partial charge in [-0.2, -0.15) is 0 Å². The number of hydrogen-bond donors (Lipinski definition) is 0. The zero-order valence-corrected chi connectivity index (χ0v) is 16.1. The number of rotatable bonds is 5. The van der Waals surface area contributed by atoms with E-state index in [9.17, 15) is 13.2 Å². The molecule has 5 heteroatoms. The first-order chi connectivity index (χ1) is 12.3. The van der Waals surface area contributed by atoms with E-state index >= 15 is 0 Å². The molecule has 1 unspecified atom stereocenters. The van der Waals surface area contributed by atoms with Crippen molar-refractivity contribution in [3.8, 4) is 0 Å². The summed E-state index contributed by atoms with van der Waals surface area (Å²) >= 11 is 0. The molecule has 1 heterocycles. The molecular formula is C21H23NO3S. The topological polar surface area (TPSA) is 54.5 Å². The van der Waals surface area contributed by atoms with Crippen LogP contribution < -0.4 is 0 Å². The molecule has 0 aromatic heterocycles. The van der Waals surface area contributed by atoms with Gasteiger partial charge in [-0.05, 0) is 42.2 Å². The van der Waals surface area contributed by atoms with E-state index in [1.54, 1.807) is 29.2 Å². The minimum atomic E-state index is -3.24. The molecule has 2 aromatic rings. The summed E-state index contributed by atoms with van der Waals surface area (Å²) in [5, 5.41) is 0. The van der Waals surface area contributed by atoms with E-state index in [0.29, 0.717) is 6.54 Å². The van der Waals surface area contributed by atoms with E-state index in [-0.39, 0.29) is 16.7 Å². The van der Waals surface area contributed by atoms with Crippen LogP contribution in [0, 0.1) is 6.92 Å². The van der Waals surface area contributed by atoms with Gasteiger partial charge in [0.1, 0.15) is 0 Å². The number of nitrogens with zero attached hydrogens (tertiary/aromatic N) is 1. The van der Waals surface area contributed by atoms with Crippen LogP contribution in [0.2, 0.25) is 0 Å². The van der Waals surface area contributed by atoms with Crippen molar-refractivity contribution < 1.29 is 13.2 Å². The lowest BCUT2D eigenvalue weighted by Gasteiger charge is -2.17. The molecule has 0 spiro atoms. The zero-order valence-electron chi connectivity index (χ0n) is 15.3. The smallest absolute Gasteiger partial charge is 0.238 e. The largest absolute Gasteiger partial charge is 0.318 e. The van der Waals surface area contributed by atoms with Gasteiger partial charge >= 0.3 is 0 Å². The molecule has 0 radical (unpaired) electrons. The summed E-state index contributed by atoms with van der Waals surface area (Å²) in [7, 11) is -3.24. The summed E-state index contributed by atoms with van der Waals surface area (Å²) < 4.78 is 23.4. The molecule has 1 amide bonds. The molecule has 0 saturated carbocycles. The van der Waals surface area contributed by atoms with Crippen molar-refractivity contribution in [3.63, 3.8) is 0 Å². The first-order valence-electron chi connectivity index (χ1n) is 8.70. The lowest BCUT2D eigenvalue weighted by molar-refractivity contribution is -0.127. The van der Waals surface area contributed by atoms with Crippen molar-refractivity contribution >= 4 is 21.3 Å². The van der Waals surface area contributed by atoms with Crippen LogP contribution in [0.3, 0.4) is 0 Å². The second-order valence-electron chi connectivity index (χ2n) is 6.76. The number of hydrogen-bond acceptors (Lipinski definition) is 3. The molecule has 26 heavy (non-hydrogen) atoms. The molecule has 1 atom stereocenters. The summed E-state index contributed by atoms with van der Waals surface area (Å²) in [6.45, 7) is 4.73. The van der Waals surface area contributed by atoms with Crippen LogP contribution >= 0.6 is 0 Å². The van der Waals surface area contributed by atoms with Gasteiger partial charge in [-0.25, -0.2) is 8.42 Å². The maximum Gasteiger partial charge on any atom is 0.238 e. The normalized spacial score (nSPS) is 17.5. The Morgan fingerprint density at radius 2 is 1.62 bits per heavy atom. The van der Waals surface area contributed by atoms with Crippen LogP contribution in [0.15, 0.2) is 59.6 Å². The second kappa shape index (κ2) is 7.08. The Labute approximate surface area is 155 Å². The van der Waals surface area contributed by atoms with Crippen LogP contribution in [-0.2, 0) is 14.6 Å². The van der Waals surface area contributed by atoms with Crippen molar-refractivity contribution in [2.75, 3.05) is 12.8 Å². The lowest BCUT2D eigenvalue weighted by atomic mass is 9.88. The summed E-state index contributed by atoms with van der Waals surface area (Å²) in [4.78, 5) is 15.0. The van der Waals surface area contributed by atoms with Crippen molar-refractivity contribution in [1.82, 2.24) is 4.90 Å². The average Bonchev–Trinajstić information content (AvgIpc) is 2.92. The highest BCUT2D eigenvalue weighted by Crippen LogP contribution is 2.39. The van der Waals surface area contributed by atoms with Crippen LogP contribution in [-0.4, -0.2) is 32.0 Å². The zero-order chi connectivity index (χ0) is 18.9. The lowest BCUT2D eigenvalue weighted by Crippen LogP contribution is -2.26. The predicted octanol–water partition coefficient (Wildman–Crippen LogP) is 3.78. The Morgan fingerprint density at radius 1 is 1.00 bits per heavy atom. The maximum absolute atomic E-state index is 13.0. The fraction of sp³-hybridized carbons (Fsp3) is 0.286. The standard InChI is InChI=1S/C21H23NO3S/c1-4-13-22-14-19(16-9-11-18(12-10-16)26(3,24)25)20(21(22)23)17-7-5-15(2)6-8-17/h5-12,14,20H,4,13H2,1-3H3. The van der Waals surface area contributed by atoms with Crippen molar-refractivity contribution in [2.24, 2.45) is 0 Å². The molecule has 2 aromatic carbocycles. The van der Waals surface area contributed by atoms with Crippen molar-refractivity contribution in [1.29, 1.82) is 0 Å². The summed E-state index contributed by atoms with van der Waals surface area (Å²) in [5.41, 5.74) is 3.88. The third kappa shape index (κ3) is 3.58. The molecule has 1 aliphatic heterocycles. The second-order valence-corrected chi connectivity index (χ2v) is 8.77. The molecule has 3 rings (SSSR count). The van der Waals surface area contributed by atoms with Gasteiger partial charge in [-0.3, -0.25) is 4.79 Å². The number of carbonyl (C=O) groups excluding carboxylic acids is 1. The van der Waals surface area contributed by atoms with Crippen LogP contribution in [0.1, 0.15) is 36.0 Å². The molecule has 136 valence electrons. The van der Waals surface area contributed by atoms with Crippen molar-refractivity contribution in [2.45, 2.75) is 31.1 Å². The Hall–Kier alpha value is -2.40. The van der Waals surface area contributed by atoms with Gasteiger partial charge in [0.25, 0.3) is 0 Å². The molecule has 4 nitrogen and oxygen atoms in total. The third-order valence-electron chi connectivity index (χ3n) is 4.63. The van der Waals surface area contributed by atoms with Crippen LogP contribution in [0.25, 0.3) is 5.57 Å². The number of aryl methyl sites for hydroxylation is 1. The Kier molecular flexibility index (Phi) is 5.01. The van der Waals surface area contributed by atoms with Crippen molar-refractivity contribution in [3.05, 3.63) is 71.4 Å². The van der Waals surface area contributed by atoms with E-state index < -0.39 is 9.84 Å². The van der Waals surface area contributed by atoms with Gasteiger partial charge in [0, 0.05) is 19.0 Å². The first kappa shape index (κ1) is 18.4. The van der Waals surface area contributed by atoms with Gasteiger partial charge in [-0.1, -0.05) is 48.9 Å². The average molecular weight is 369 g/mol. The van der Waals surface area contributed by atoms with Crippen LogP contribution in [0.4, 0.5) is 0 Å². The van der Waals surface area contributed by atoms with Gasteiger partial charge < -0.3 is 4.90 Å². The predicted molar refractivity (Wildman–Crippen MR) is 103 cm³/mol. The number of carbonyl (C=O) groups is 1. The molecule has 0 aliphatic carbocycles. The SMILES string of the molecule is CCCN1C=C(c2ccc(S(C)(=O)=O)cc2)C(c2ccc(C)cc2)C1=O. The highest BCUT2D eigenvalue weighted by atomic mass is 32.2. The van der Waals surface area contributed by atoms with Gasteiger partial charge in [-0.15, -0.1) is 0 Å². The van der Waals surface area contributed by atoms with Crippen LogP contribution in [0.5, 0.6) is 0 Å². The molecule has 1 aliphatic rings. The third-order valence-corrected chi connectivity index (χ3v) is 5.76. The van der Waals surface area contributed by atoms with E-state index in [0.717, 1.165) is 28.7 Å². The molecule has 0 fully saturated rings. The fourth-order valence-corrected chi connectivity index (χ4v) is 3.87. The minimum Gasteiger partial charge on any atom is -0.318 e. The molecule has 0 bridgehead atoms. The summed E-state index contributed by atoms with van der Waals surface area (Å²) in [5.74, 6) is -0.288. The minimum absolute atomic E-state index is 0.0675. The number of benzene rings is 2. The highest BCUT2D eigenvalue weighted by molar-refractivity contribution is 7.90. The summed E-state index contributed by atoms with van der Waals surface area (Å²) in [6.07, 6.45) is 3.98. The quantitative estimate of drug-likeness (QED) is 0.806. The van der Waals surface area contributed by atoms with Gasteiger partial charge in [0.05, 0.1) is 10.8 Å². The van der Waals surface area contributed by atoms with E-state index in [2.05, 4.69) is 0 Å².